The Labute approximate surface area is 181 Å². The molecule has 0 radical (unpaired) electrons. The van der Waals surface area contributed by atoms with Crippen LogP contribution < -0.4 is 15.4 Å². The van der Waals surface area contributed by atoms with Gasteiger partial charge in [-0.25, -0.2) is 9.97 Å². The maximum absolute atomic E-state index is 11.8. The number of carbonyl (C=O) groups is 1. The van der Waals surface area contributed by atoms with Gasteiger partial charge in [-0.05, 0) is 6.07 Å². The van der Waals surface area contributed by atoms with E-state index in [2.05, 4.69) is 30.7 Å². The summed E-state index contributed by atoms with van der Waals surface area (Å²) in [7, 11) is 3.43. The summed E-state index contributed by atoms with van der Waals surface area (Å²) in [6.07, 6.45) is 6.30. The van der Waals surface area contributed by atoms with Crippen molar-refractivity contribution in [1.82, 2.24) is 34.6 Å². The lowest BCUT2D eigenvalue weighted by molar-refractivity contribution is 0.0963. The fraction of sp³-hybridized carbons (Fsp3) is 0.316. The Morgan fingerprint density at radius 1 is 1.35 bits per heavy atom. The minimum absolute atomic E-state index is 0.0812. The topological polar surface area (TPSA) is 121 Å². The molecule has 1 atom stereocenters. The molecule has 5 rings (SSSR count). The number of aromatic nitrogens is 6. The molecular formula is C19H20N8O3S. The molecule has 4 aromatic rings. The SMILES string of the molecule is CNC(=O)c1nc(Nc2nc(O[C@@H]3CCOC3)c3c(ccn3-c3cnn(C)c3)n2)cs1. The molecule has 1 aliphatic heterocycles. The average Bonchev–Trinajstić information content (AvgIpc) is 3.54. The Hall–Kier alpha value is -3.51. The summed E-state index contributed by atoms with van der Waals surface area (Å²) in [5, 5.41) is 12.0. The fourth-order valence-corrected chi connectivity index (χ4v) is 4.01. The highest BCUT2D eigenvalue weighted by molar-refractivity contribution is 7.12. The van der Waals surface area contributed by atoms with Crippen LogP contribution in [0, 0.1) is 0 Å². The predicted octanol–water partition coefficient (Wildman–Crippen LogP) is 1.88. The van der Waals surface area contributed by atoms with Gasteiger partial charge in [-0.15, -0.1) is 11.3 Å². The molecule has 1 amide bonds. The highest BCUT2D eigenvalue weighted by Crippen LogP contribution is 2.30. The van der Waals surface area contributed by atoms with Crippen LogP contribution in [-0.2, 0) is 11.8 Å². The number of anilines is 2. The van der Waals surface area contributed by atoms with Crippen LogP contribution >= 0.6 is 11.3 Å². The van der Waals surface area contributed by atoms with Crippen LogP contribution in [0.15, 0.2) is 30.0 Å². The number of ether oxygens (including phenoxy) is 2. The maximum Gasteiger partial charge on any atom is 0.280 e. The van der Waals surface area contributed by atoms with E-state index in [1.807, 2.05) is 30.1 Å². The van der Waals surface area contributed by atoms with Crippen molar-refractivity contribution in [3.8, 4) is 11.6 Å². The number of carbonyl (C=O) groups excluding carboxylic acids is 1. The van der Waals surface area contributed by atoms with Crippen molar-refractivity contribution in [2.45, 2.75) is 12.5 Å². The second-order valence-electron chi connectivity index (χ2n) is 6.99. The van der Waals surface area contributed by atoms with E-state index in [0.29, 0.717) is 41.4 Å². The van der Waals surface area contributed by atoms with Crippen molar-refractivity contribution >= 4 is 40.0 Å². The van der Waals surface area contributed by atoms with Crippen LogP contribution in [0.3, 0.4) is 0 Å². The Balaban J connectivity index is 1.54. The van der Waals surface area contributed by atoms with Crippen LogP contribution in [0.4, 0.5) is 11.8 Å². The number of amides is 1. The molecule has 160 valence electrons. The van der Waals surface area contributed by atoms with Crippen molar-refractivity contribution in [3.05, 3.63) is 35.0 Å². The van der Waals surface area contributed by atoms with E-state index >= 15 is 0 Å². The van der Waals surface area contributed by atoms with Gasteiger partial charge in [0.1, 0.15) is 17.4 Å². The molecule has 0 bridgehead atoms. The van der Waals surface area contributed by atoms with Crippen LogP contribution in [0.2, 0.25) is 0 Å². The van der Waals surface area contributed by atoms with E-state index in [1.165, 1.54) is 11.3 Å². The lowest BCUT2D eigenvalue weighted by Crippen LogP contribution is -2.18. The molecule has 12 heteroatoms. The summed E-state index contributed by atoms with van der Waals surface area (Å²) in [4.78, 5) is 25.3. The number of rotatable bonds is 6. The van der Waals surface area contributed by atoms with Gasteiger partial charge in [-0.3, -0.25) is 9.48 Å². The number of thiazole rings is 1. The Kier molecular flexibility index (Phi) is 5.00. The van der Waals surface area contributed by atoms with Crippen LogP contribution in [0.5, 0.6) is 5.88 Å². The molecule has 1 saturated heterocycles. The minimum atomic E-state index is -0.242. The van der Waals surface area contributed by atoms with E-state index in [0.717, 1.165) is 17.6 Å². The second kappa shape index (κ2) is 7.96. The first-order valence-electron chi connectivity index (χ1n) is 9.68. The number of aryl methyl sites for hydroxylation is 1. The molecule has 0 saturated carbocycles. The standard InChI is InChI=1S/C19H20N8O3S/c1-20-16(28)18-23-14(10-31-18)24-19-22-13-3-5-27(11-7-21-26(2)8-11)15(13)17(25-19)30-12-4-6-29-9-12/h3,5,7-8,10,12H,4,6,9H2,1-2H3,(H,20,28)(H,22,24,25)/t12-/m1/s1. The summed E-state index contributed by atoms with van der Waals surface area (Å²) < 4.78 is 15.3. The first-order valence-corrected chi connectivity index (χ1v) is 10.6. The first kappa shape index (κ1) is 19.5. The Morgan fingerprint density at radius 3 is 3.00 bits per heavy atom. The summed E-state index contributed by atoms with van der Waals surface area (Å²) in [5.41, 5.74) is 2.33. The lowest BCUT2D eigenvalue weighted by atomic mass is 10.3. The number of hydrogen-bond acceptors (Lipinski definition) is 9. The van der Waals surface area contributed by atoms with Gasteiger partial charge >= 0.3 is 0 Å². The second-order valence-corrected chi connectivity index (χ2v) is 7.85. The minimum Gasteiger partial charge on any atom is -0.470 e. The van der Waals surface area contributed by atoms with Gasteiger partial charge < -0.3 is 24.7 Å². The van der Waals surface area contributed by atoms with E-state index in [9.17, 15) is 4.79 Å². The Bertz CT molecular complexity index is 1240. The smallest absolute Gasteiger partial charge is 0.280 e. The van der Waals surface area contributed by atoms with E-state index in [4.69, 9.17) is 9.47 Å². The third-order valence-corrected chi connectivity index (χ3v) is 5.64. The van der Waals surface area contributed by atoms with Crippen molar-refractivity contribution < 1.29 is 14.3 Å². The van der Waals surface area contributed by atoms with Gasteiger partial charge in [-0.1, -0.05) is 0 Å². The number of nitrogens with one attached hydrogen (secondary N) is 2. The fourth-order valence-electron chi connectivity index (χ4n) is 3.32. The molecule has 31 heavy (non-hydrogen) atoms. The van der Waals surface area contributed by atoms with E-state index in [1.54, 1.807) is 23.3 Å². The zero-order valence-electron chi connectivity index (χ0n) is 16.9. The molecule has 0 aromatic carbocycles. The largest absolute Gasteiger partial charge is 0.470 e. The van der Waals surface area contributed by atoms with Gasteiger partial charge in [-0.2, -0.15) is 10.1 Å². The quantitative estimate of drug-likeness (QED) is 0.466. The predicted molar refractivity (Wildman–Crippen MR) is 114 cm³/mol. The van der Waals surface area contributed by atoms with E-state index in [-0.39, 0.29) is 12.0 Å². The normalized spacial score (nSPS) is 16.0. The molecule has 0 aliphatic carbocycles. The number of hydrogen-bond donors (Lipinski definition) is 2. The number of nitrogens with zero attached hydrogens (tertiary/aromatic N) is 6. The molecule has 0 spiro atoms. The highest BCUT2D eigenvalue weighted by Gasteiger charge is 2.22. The van der Waals surface area contributed by atoms with Gasteiger partial charge in [0.2, 0.25) is 11.8 Å². The van der Waals surface area contributed by atoms with Gasteiger partial charge in [0.25, 0.3) is 5.91 Å². The average molecular weight is 440 g/mol. The molecular weight excluding hydrogens is 420 g/mol. The summed E-state index contributed by atoms with van der Waals surface area (Å²) in [6, 6.07) is 1.89. The monoisotopic (exact) mass is 440 g/mol. The van der Waals surface area contributed by atoms with Crippen molar-refractivity contribution in [2.24, 2.45) is 7.05 Å². The van der Waals surface area contributed by atoms with Gasteiger partial charge in [0.15, 0.2) is 5.01 Å². The molecule has 1 aliphatic rings. The third-order valence-electron chi connectivity index (χ3n) is 4.80. The molecule has 4 aromatic heterocycles. The summed E-state index contributed by atoms with van der Waals surface area (Å²) in [5.74, 6) is 1.02. The number of fused-ring (bicyclic) bond motifs is 1. The maximum atomic E-state index is 11.8. The molecule has 11 nitrogen and oxygen atoms in total. The van der Waals surface area contributed by atoms with Crippen molar-refractivity contribution in [1.29, 1.82) is 0 Å². The Morgan fingerprint density at radius 2 is 2.26 bits per heavy atom. The van der Waals surface area contributed by atoms with Crippen molar-refractivity contribution in [3.63, 3.8) is 0 Å². The zero-order valence-corrected chi connectivity index (χ0v) is 17.7. The molecule has 2 N–H and O–H groups in total. The molecule has 5 heterocycles. The van der Waals surface area contributed by atoms with Crippen LogP contribution in [0.25, 0.3) is 16.7 Å². The summed E-state index contributed by atoms with van der Waals surface area (Å²) >= 11 is 1.24. The summed E-state index contributed by atoms with van der Waals surface area (Å²) in [6.45, 7) is 1.18. The van der Waals surface area contributed by atoms with Gasteiger partial charge in [0, 0.05) is 38.3 Å². The highest BCUT2D eigenvalue weighted by atomic mass is 32.1. The van der Waals surface area contributed by atoms with Gasteiger partial charge in [0.05, 0.1) is 30.6 Å². The third kappa shape index (κ3) is 3.82. The zero-order chi connectivity index (χ0) is 21.4. The molecule has 1 fully saturated rings. The van der Waals surface area contributed by atoms with Crippen LogP contribution in [-0.4, -0.2) is 61.6 Å². The lowest BCUT2D eigenvalue weighted by Gasteiger charge is -2.14. The van der Waals surface area contributed by atoms with Crippen LogP contribution in [0.1, 0.15) is 16.2 Å². The molecule has 0 unspecified atom stereocenters. The van der Waals surface area contributed by atoms with E-state index < -0.39 is 0 Å². The van der Waals surface area contributed by atoms with Crippen molar-refractivity contribution in [2.75, 3.05) is 25.6 Å². The first-order chi connectivity index (χ1) is 15.1.